The smallest absolute Gasteiger partial charge is 0.408 e. The molecule has 1 rings (SSSR count). The molecule has 0 heterocycles. The van der Waals surface area contributed by atoms with E-state index in [0.717, 1.165) is 5.56 Å². The van der Waals surface area contributed by atoms with Gasteiger partial charge in [0.15, 0.2) is 0 Å². The first-order valence-electron chi connectivity index (χ1n) is 8.15. The van der Waals surface area contributed by atoms with Gasteiger partial charge in [0.05, 0.1) is 0 Å². The Bertz CT molecular complexity index is 590. The number of benzene rings is 1. The molecule has 0 aliphatic heterocycles. The fourth-order valence-electron chi connectivity index (χ4n) is 1.75. The van der Waals surface area contributed by atoms with Crippen molar-refractivity contribution in [1.82, 2.24) is 5.32 Å². The number of aliphatic carboxylic acids is 1. The number of carboxylic acid groups (broad SMARTS) is 1. The summed E-state index contributed by atoms with van der Waals surface area (Å²) in [4.78, 5) is 34.6. The van der Waals surface area contributed by atoms with Gasteiger partial charge >= 0.3 is 18.0 Å². The zero-order valence-corrected chi connectivity index (χ0v) is 13.8. The summed E-state index contributed by atoms with van der Waals surface area (Å²) < 4.78 is 17.3. The van der Waals surface area contributed by atoms with Gasteiger partial charge in [-0.25, -0.2) is 9.59 Å². The van der Waals surface area contributed by atoms with Crippen molar-refractivity contribution in [3.63, 3.8) is 0 Å². The lowest BCUT2D eigenvalue weighted by atomic mass is 10.1. The number of carbonyl (C=O) groups excluding carboxylic acids is 2. The zero-order chi connectivity index (χ0) is 18.9. The lowest BCUT2D eigenvalue weighted by molar-refractivity contribution is -0.145. The van der Waals surface area contributed by atoms with Gasteiger partial charge < -0.3 is 19.9 Å². The molecule has 0 fully saturated rings. The Morgan fingerprint density at radius 2 is 1.96 bits per heavy atom. The van der Waals surface area contributed by atoms with Crippen LogP contribution in [0.1, 0.15) is 40.5 Å². The summed E-state index contributed by atoms with van der Waals surface area (Å²) in [6.45, 7) is 3.02. The van der Waals surface area contributed by atoms with E-state index in [4.69, 9.17) is 16.0 Å². The molecule has 132 valence electrons. The van der Waals surface area contributed by atoms with E-state index in [1.165, 1.54) is 13.8 Å². The Balaban J connectivity index is 2.43. The number of alkyl carbamates (subject to hydrolysis) is 1. The van der Waals surface area contributed by atoms with Gasteiger partial charge in [-0.3, -0.25) is 4.79 Å². The van der Waals surface area contributed by atoms with Gasteiger partial charge in [-0.15, -0.1) is 0 Å². The van der Waals surface area contributed by atoms with Gasteiger partial charge in [-0.2, -0.15) is 0 Å². The Labute approximate surface area is 142 Å². The quantitative estimate of drug-likeness (QED) is 0.741. The maximum Gasteiger partial charge on any atom is 0.408 e. The summed E-state index contributed by atoms with van der Waals surface area (Å²) in [5.74, 6) is -1.84. The zero-order valence-electron chi connectivity index (χ0n) is 14.8. The standard InChI is InChI=1S/C17H23NO6/c1-17(2,3)24-16(22)18-13(15(20)21)9-10-14(19)23-11-12-7-5-4-6-8-12/h4-8,13H,9-11H2,1-3H3,(H,18,22)(H,20,21)/t13-/m0/s1/i1D. The molecule has 0 saturated heterocycles. The molecule has 7 heteroatoms. The van der Waals surface area contributed by atoms with Crippen LogP contribution in [0.25, 0.3) is 0 Å². The van der Waals surface area contributed by atoms with Crippen LogP contribution in [0, 0.1) is 0 Å². The molecule has 24 heavy (non-hydrogen) atoms. The predicted molar refractivity (Wildman–Crippen MR) is 86.3 cm³/mol. The Morgan fingerprint density at radius 1 is 1.29 bits per heavy atom. The highest BCUT2D eigenvalue weighted by atomic mass is 16.6. The van der Waals surface area contributed by atoms with Gasteiger partial charge in [-0.05, 0) is 32.7 Å². The summed E-state index contributed by atoms with van der Waals surface area (Å²) in [6.07, 6.45) is -1.23. The first-order chi connectivity index (χ1) is 11.7. The highest BCUT2D eigenvalue weighted by Gasteiger charge is 2.24. The molecule has 1 atom stereocenters. The summed E-state index contributed by atoms with van der Waals surface area (Å²) >= 11 is 0. The number of hydrogen-bond acceptors (Lipinski definition) is 5. The predicted octanol–water partition coefficient (Wildman–Crippen LogP) is 2.49. The van der Waals surface area contributed by atoms with E-state index >= 15 is 0 Å². The number of amides is 1. The molecule has 0 saturated carbocycles. The molecule has 7 nitrogen and oxygen atoms in total. The first-order valence-corrected chi connectivity index (χ1v) is 7.44. The number of esters is 1. The largest absolute Gasteiger partial charge is 0.480 e. The maximum atomic E-state index is 11.7. The molecule has 0 aliphatic rings. The van der Waals surface area contributed by atoms with E-state index in [-0.39, 0.29) is 26.3 Å². The molecule has 1 aromatic rings. The van der Waals surface area contributed by atoms with E-state index < -0.39 is 29.7 Å². The van der Waals surface area contributed by atoms with E-state index in [2.05, 4.69) is 5.32 Å². The van der Waals surface area contributed by atoms with E-state index in [0.29, 0.717) is 0 Å². The monoisotopic (exact) mass is 338 g/mol. The third-order valence-electron chi connectivity index (χ3n) is 2.84. The van der Waals surface area contributed by atoms with Gasteiger partial charge in [0.2, 0.25) is 0 Å². The van der Waals surface area contributed by atoms with Crippen molar-refractivity contribution < 1.29 is 30.3 Å². The topological polar surface area (TPSA) is 102 Å². The summed E-state index contributed by atoms with van der Waals surface area (Å²) in [5.41, 5.74) is -0.202. The lowest BCUT2D eigenvalue weighted by Gasteiger charge is -2.21. The molecule has 0 unspecified atom stereocenters. The Kier molecular flexibility index (Phi) is 6.60. The van der Waals surface area contributed by atoms with Crippen LogP contribution >= 0.6 is 0 Å². The van der Waals surface area contributed by atoms with E-state index in [9.17, 15) is 14.4 Å². The second kappa shape index (κ2) is 8.90. The fourth-order valence-corrected chi connectivity index (χ4v) is 1.75. The molecule has 0 aromatic heterocycles. The van der Waals surface area contributed by atoms with Crippen molar-refractivity contribution in [1.29, 1.82) is 0 Å². The summed E-state index contributed by atoms with van der Waals surface area (Å²) in [5, 5.41) is 11.3. The number of nitrogens with one attached hydrogen (secondary N) is 1. The number of carboxylic acids is 1. The van der Waals surface area contributed by atoms with Crippen LogP contribution < -0.4 is 5.32 Å². The van der Waals surface area contributed by atoms with Crippen LogP contribution in [0.2, 0.25) is 0 Å². The van der Waals surface area contributed by atoms with Crippen molar-refractivity contribution >= 4 is 18.0 Å². The molecule has 1 aromatic carbocycles. The van der Waals surface area contributed by atoms with Crippen molar-refractivity contribution in [3.05, 3.63) is 35.9 Å². The van der Waals surface area contributed by atoms with Crippen molar-refractivity contribution in [3.8, 4) is 0 Å². The van der Waals surface area contributed by atoms with Gasteiger partial charge in [0.25, 0.3) is 0 Å². The van der Waals surface area contributed by atoms with Crippen LogP contribution in [-0.4, -0.2) is 34.8 Å². The molecular formula is C17H23NO6. The third-order valence-corrected chi connectivity index (χ3v) is 2.84. The Hall–Kier alpha value is -2.57. The fraction of sp³-hybridized carbons (Fsp3) is 0.471. The summed E-state index contributed by atoms with van der Waals surface area (Å²) in [7, 11) is 0. The Morgan fingerprint density at radius 3 is 2.54 bits per heavy atom. The first kappa shape index (κ1) is 17.8. The molecule has 0 spiro atoms. The molecule has 0 aliphatic carbocycles. The summed E-state index contributed by atoms with van der Waals surface area (Å²) in [6, 6.07) is 7.81. The third kappa shape index (κ3) is 8.17. The van der Waals surface area contributed by atoms with Crippen molar-refractivity contribution in [2.24, 2.45) is 0 Å². The molecule has 1 amide bonds. The lowest BCUT2D eigenvalue weighted by Crippen LogP contribution is -2.43. The minimum absolute atomic E-state index is 0.102. The number of rotatable bonds is 7. The normalized spacial score (nSPS) is 12.7. The molecular weight excluding hydrogens is 314 g/mol. The number of ether oxygens (including phenoxy) is 2. The maximum absolute atomic E-state index is 11.7. The van der Waals surface area contributed by atoms with Crippen LogP contribution in [0.5, 0.6) is 0 Å². The van der Waals surface area contributed by atoms with Gasteiger partial charge in [0.1, 0.15) is 18.2 Å². The minimum atomic E-state index is -1.28. The molecule has 0 bridgehead atoms. The van der Waals surface area contributed by atoms with E-state index in [1.54, 1.807) is 12.1 Å². The number of hydrogen-bond donors (Lipinski definition) is 2. The average molecular weight is 338 g/mol. The second-order valence-electron chi connectivity index (χ2n) is 5.87. The van der Waals surface area contributed by atoms with Crippen LogP contribution in [0.4, 0.5) is 4.79 Å². The average Bonchev–Trinajstić information content (AvgIpc) is 2.57. The van der Waals surface area contributed by atoms with Crippen LogP contribution in [0.15, 0.2) is 30.3 Å². The van der Waals surface area contributed by atoms with Gasteiger partial charge in [-0.1, -0.05) is 30.3 Å². The highest BCUT2D eigenvalue weighted by Crippen LogP contribution is 2.08. The SMILES string of the molecule is [2H]CC(C)(C)OC(=O)N[C@@H](CCC(=O)OCc1ccccc1)C(=O)O. The minimum Gasteiger partial charge on any atom is -0.480 e. The van der Waals surface area contributed by atoms with Crippen LogP contribution in [0.3, 0.4) is 0 Å². The second-order valence-corrected chi connectivity index (χ2v) is 5.87. The molecule has 2 N–H and O–H groups in total. The highest BCUT2D eigenvalue weighted by molar-refractivity contribution is 5.80. The molecule has 0 radical (unpaired) electrons. The van der Waals surface area contributed by atoms with Crippen LogP contribution in [-0.2, 0) is 25.7 Å². The van der Waals surface area contributed by atoms with Gasteiger partial charge in [0, 0.05) is 7.79 Å². The van der Waals surface area contributed by atoms with Crippen molar-refractivity contribution in [2.75, 3.05) is 0 Å². The van der Waals surface area contributed by atoms with Crippen molar-refractivity contribution in [2.45, 2.75) is 51.8 Å². The van der Waals surface area contributed by atoms with E-state index in [1.807, 2.05) is 18.2 Å². The number of carbonyl (C=O) groups is 3.